The van der Waals surface area contributed by atoms with Gasteiger partial charge in [0, 0.05) is 24.3 Å². The molecule has 3 N–H and O–H groups in total. The highest BCUT2D eigenvalue weighted by Crippen LogP contribution is 2.10. The van der Waals surface area contributed by atoms with Crippen LogP contribution in [0.5, 0.6) is 0 Å². The van der Waals surface area contributed by atoms with Gasteiger partial charge < -0.3 is 15.1 Å². The van der Waals surface area contributed by atoms with Gasteiger partial charge in [-0.3, -0.25) is 14.3 Å². The molecular formula is C15H17N3O5S. The lowest BCUT2D eigenvalue weighted by molar-refractivity contribution is 0.0910. The molecule has 0 bridgehead atoms. The van der Waals surface area contributed by atoms with Gasteiger partial charge in [0.25, 0.3) is 11.8 Å². The summed E-state index contributed by atoms with van der Waals surface area (Å²) in [5.41, 5.74) is 0.756. The third-order valence-electron chi connectivity index (χ3n) is 2.89. The van der Waals surface area contributed by atoms with Gasteiger partial charge in [-0.15, -0.1) is 0 Å². The summed E-state index contributed by atoms with van der Waals surface area (Å²) in [4.78, 5) is 23.5. The molecule has 0 aliphatic heterocycles. The molecule has 1 heterocycles. The Hall–Kier alpha value is -2.81. The summed E-state index contributed by atoms with van der Waals surface area (Å²) in [5.74, 6) is -0.478. The highest BCUT2D eigenvalue weighted by atomic mass is 32.2. The van der Waals surface area contributed by atoms with Gasteiger partial charge in [0.05, 0.1) is 12.5 Å². The minimum atomic E-state index is -3.35. The molecule has 8 nitrogen and oxygen atoms in total. The van der Waals surface area contributed by atoms with Crippen molar-refractivity contribution in [2.45, 2.75) is 0 Å². The molecule has 1 aromatic carbocycles. The predicted molar refractivity (Wildman–Crippen MR) is 88.3 cm³/mol. The Bertz CT molecular complexity index is 798. The van der Waals surface area contributed by atoms with E-state index >= 15 is 0 Å². The normalized spacial score (nSPS) is 10.9. The summed E-state index contributed by atoms with van der Waals surface area (Å²) in [6.45, 7) is 0.494. The Morgan fingerprint density at radius 2 is 1.62 bits per heavy atom. The first-order valence-electron chi connectivity index (χ1n) is 7.03. The number of furan rings is 1. The maximum absolute atomic E-state index is 11.9. The van der Waals surface area contributed by atoms with Gasteiger partial charge in [0.1, 0.15) is 0 Å². The standard InChI is InChI=1S/C15H17N3O5S/c1-24(21,22)18-12-6-4-11(5-7-12)14(19)16-8-9-17-15(20)13-3-2-10-23-13/h2-7,10,18H,8-9H2,1H3,(H,16,19)(H,17,20). The van der Waals surface area contributed by atoms with Crippen molar-refractivity contribution in [3.05, 3.63) is 54.0 Å². The first kappa shape index (κ1) is 17.5. The number of benzene rings is 1. The number of hydrogen-bond acceptors (Lipinski definition) is 5. The van der Waals surface area contributed by atoms with Crippen molar-refractivity contribution in [3.8, 4) is 0 Å². The fourth-order valence-electron chi connectivity index (χ4n) is 1.85. The molecule has 0 spiro atoms. The van der Waals surface area contributed by atoms with Crippen molar-refractivity contribution < 1.29 is 22.4 Å². The van der Waals surface area contributed by atoms with Gasteiger partial charge >= 0.3 is 0 Å². The van der Waals surface area contributed by atoms with Crippen molar-refractivity contribution in [1.29, 1.82) is 0 Å². The molecule has 0 saturated carbocycles. The Balaban J connectivity index is 1.77. The number of rotatable bonds is 7. The van der Waals surface area contributed by atoms with Crippen molar-refractivity contribution in [2.24, 2.45) is 0 Å². The zero-order chi connectivity index (χ0) is 17.6. The fourth-order valence-corrected chi connectivity index (χ4v) is 2.42. The number of amides is 2. The van der Waals surface area contributed by atoms with Crippen molar-refractivity contribution in [2.75, 3.05) is 24.1 Å². The number of nitrogens with one attached hydrogen (secondary N) is 3. The van der Waals surface area contributed by atoms with Gasteiger partial charge in [-0.1, -0.05) is 0 Å². The largest absolute Gasteiger partial charge is 0.459 e. The number of hydrogen-bond donors (Lipinski definition) is 3. The summed E-state index contributed by atoms with van der Waals surface area (Å²) >= 11 is 0. The van der Waals surface area contributed by atoms with Crippen LogP contribution in [0.1, 0.15) is 20.9 Å². The van der Waals surface area contributed by atoms with E-state index in [1.54, 1.807) is 12.1 Å². The first-order chi connectivity index (χ1) is 11.3. The smallest absolute Gasteiger partial charge is 0.287 e. The molecule has 0 saturated heterocycles. The molecule has 0 radical (unpaired) electrons. The van der Waals surface area contributed by atoms with Crippen molar-refractivity contribution in [3.63, 3.8) is 0 Å². The molecule has 0 atom stereocenters. The zero-order valence-electron chi connectivity index (χ0n) is 12.9. The molecular weight excluding hydrogens is 334 g/mol. The van der Waals surface area contributed by atoms with Crippen LogP contribution >= 0.6 is 0 Å². The summed E-state index contributed by atoms with van der Waals surface area (Å²) in [7, 11) is -3.35. The number of sulfonamides is 1. The fraction of sp³-hybridized carbons (Fsp3) is 0.200. The van der Waals surface area contributed by atoms with Crippen molar-refractivity contribution >= 4 is 27.5 Å². The lowest BCUT2D eigenvalue weighted by Gasteiger charge is -2.07. The van der Waals surface area contributed by atoms with Crippen LogP contribution in [0.3, 0.4) is 0 Å². The highest BCUT2D eigenvalue weighted by molar-refractivity contribution is 7.92. The maximum atomic E-state index is 11.9. The summed E-state index contributed by atoms with van der Waals surface area (Å²) in [6, 6.07) is 9.15. The molecule has 1 aromatic heterocycles. The monoisotopic (exact) mass is 351 g/mol. The van der Waals surface area contributed by atoms with Crippen LogP contribution in [0.2, 0.25) is 0 Å². The van der Waals surface area contributed by atoms with Gasteiger partial charge in [0.15, 0.2) is 5.76 Å². The second kappa shape index (κ2) is 7.64. The van der Waals surface area contributed by atoms with Crippen LogP contribution < -0.4 is 15.4 Å². The molecule has 0 aliphatic carbocycles. The van der Waals surface area contributed by atoms with Gasteiger partial charge in [-0.05, 0) is 36.4 Å². The average Bonchev–Trinajstić information content (AvgIpc) is 3.04. The molecule has 9 heteroatoms. The minimum Gasteiger partial charge on any atom is -0.459 e. The van der Waals surface area contributed by atoms with Gasteiger partial charge in [0.2, 0.25) is 10.0 Å². The van der Waals surface area contributed by atoms with E-state index in [9.17, 15) is 18.0 Å². The van der Waals surface area contributed by atoms with E-state index in [2.05, 4.69) is 15.4 Å². The Labute approximate surface area is 139 Å². The molecule has 0 fully saturated rings. The Morgan fingerprint density at radius 1 is 1.00 bits per heavy atom. The Morgan fingerprint density at radius 3 is 2.17 bits per heavy atom. The van der Waals surface area contributed by atoms with E-state index in [-0.39, 0.29) is 30.7 Å². The van der Waals surface area contributed by atoms with E-state index in [1.165, 1.54) is 30.5 Å². The zero-order valence-corrected chi connectivity index (χ0v) is 13.7. The highest BCUT2D eigenvalue weighted by Gasteiger charge is 2.09. The minimum absolute atomic E-state index is 0.204. The van der Waals surface area contributed by atoms with E-state index in [1.807, 2.05) is 0 Å². The van der Waals surface area contributed by atoms with Crippen molar-refractivity contribution in [1.82, 2.24) is 10.6 Å². The van der Waals surface area contributed by atoms with E-state index < -0.39 is 10.0 Å². The molecule has 2 aromatic rings. The molecule has 0 unspecified atom stereocenters. The SMILES string of the molecule is CS(=O)(=O)Nc1ccc(C(=O)NCCNC(=O)c2ccco2)cc1. The molecule has 24 heavy (non-hydrogen) atoms. The molecule has 128 valence electrons. The number of anilines is 1. The lowest BCUT2D eigenvalue weighted by atomic mass is 10.2. The first-order valence-corrected chi connectivity index (χ1v) is 8.92. The van der Waals surface area contributed by atoms with Gasteiger partial charge in [-0.25, -0.2) is 8.42 Å². The maximum Gasteiger partial charge on any atom is 0.287 e. The topological polar surface area (TPSA) is 118 Å². The van der Waals surface area contributed by atoms with Crippen LogP contribution in [0.15, 0.2) is 47.1 Å². The Kier molecular flexibility index (Phi) is 5.59. The van der Waals surface area contributed by atoms with Crippen LogP contribution in [0, 0.1) is 0 Å². The predicted octanol–water partition coefficient (Wildman–Crippen LogP) is 0.811. The van der Waals surface area contributed by atoms with Crippen LogP contribution in [-0.2, 0) is 10.0 Å². The quantitative estimate of drug-likeness (QED) is 0.638. The number of carbonyl (C=O) groups excluding carboxylic acids is 2. The lowest BCUT2D eigenvalue weighted by Crippen LogP contribution is -2.34. The molecule has 2 rings (SSSR count). The van der Waals surface area contributed by atoms with E-state index in [4.69, 9.17) is 4.42 Å². The van der Waals surface area contributed by atoms with E-state index in [0.717, 1.165) is 6.26 Å². The summed E-state index contributed by atoms with van der Waals surface area (Å²) in [5, 5.41) is 5.25. The number of carbonyl (C=O) groups is 2. The van der Waals surface area contributed by atoms with Crippen LogP contribution in [-0.4, -0.2) is 39.6 Å². The summed E-state index contributed by atoms with van der Waals surface area (Å²) < 4.78 is 29.5. The van der Waals surface area contributed by atoms with Crippen LogP contribution in [0.4, 0.5) is 5.69 Å². The third-order valence-corrected chi connectivity index (χ3v) is 3.50. The van der Waals surface area contributed by atoms with Gasteiger partial charge in [-0.2, -0.15) is 0 Å². The second-order valence-corrected chi connectivity index (χ2v) is 6.69. The second-order valence-electron chi connectivity index (χ2n) is 4.94. The third kappa shape index (κ3) is 5.43. The van der Waals surface area contributed by atoms with E-state index in [0.29, 0.717) is 11.3 Å². The van der Waals surface area contributed by atoms with Crippen LogP contribution in [0.25, 0.3) is 0 Å². The molecule has 0 aliphatic rings. The summed E-state index contributed by atoms with van der Waals surface area (Å²) in [6.07, 6.45) is 2.45. The molecule has 2 amide bonds. The average molecular weight is 351 g/mol.